The topological polar surface area (TPSA) is 502 Å². The van der Waals surface area contributed by atoms with Gasteiger partial charge in [0.2, 0.25) is 70.9 Å². The van der Waals surface area contributed by atoms with Crippen molar-refractivity contribution in [3.05, 3.63) is 47.2 Å². The van der Waals surface area contributed by atoms with Crippen molar-refractivity contribution in [1.29, 1.82) is 31.6 Å². The quantitative estimate of drug-likeness (QED) is 0.0270. The van der Waals surface area contributed by atoms with Crippen LogP contribution in [0.1, 0.15) is 203 Å². The lowest BCUT2D eigenvalue weighted by molar-refractivity contribution is -0.135. The standard InChI is InChI=1S/C18H24FN5O2.C17H27FN4O2.C17H25FN4O2.C16H24F2N4O2.C16H22FN5O2S.C15H23FN4O2S.H2S/c1-12-4-5-14(9-21-12)23-16(25)7-18(2,3)22-10-17(26)24-11-13(19)6-15(24)8-20;2*1-17(2,9-15(23)21-6-4-3-5-7-21)20-11-16(24)22-12-13(18)8-14(22)10-19;1-16(2,6-14(23)21-4-3-11(17)9-21)20-8-15(24)22-10-12(18)5-13(22)7-19;1-10-7-19-15(25-10)21-13(23)5-16(2,3)20-8-14(24)22-9-11(17)4-12(22)6-18;1-15(2,6-13(21)19-3-4-23-10-19)18-8-14(22)20-9-11(16)5-12(20)7-17;/h4-5,9,13,15,22H,6-7,10-11H2,1-3H3,(H,23,25);13-14,20H,3-9,11-12H2,1-2H3;3-4,13-14,20H,5-9,11-12H2,1-2H3;11-13,20H,3-6,8-10H2,1-2H3;7,11-12,20H,4-5,8-9H2,1-3H3,(H,19,21,23);11-12,18H,3-6,8-10H2,1-2H3;1H2/t13-,15-;2*13-,14-;11?,12-,13-;2*11-,12-;/m000000./s1. The predicted octanol–water partition coefficient (Wildman–Crippen LogP) is 7.01. The van der Waals surface area contributed by atoms with Crippen LogP contribution in [-0.2, 0) is 57.5 Å². The van der Waals surface area contributed by atoms with Crippen molar-refractivity contribution in [2.24, 2.45) is 0 Å². The summed E-state index contributed by atoms with van der Waals surface area (Å²) in [6, 6.07) is 11.1. The summed E-state index contributed by atoms with van der Waals surface area (Å²) in [6.45, 7) is 29.6. The van der Waals surface area contributed by atoms with Gasteiger partial charge in [0, 0.05) is 172 Å². The molecule has 0 aliphatic carbocycles. The van der Waals surface area contributed by atoms with E-state index in [0.717, 1.165) is 67.6 Å². The molecule has 12 heterocycles. The largest absolute Gasteiger partial charge is 0.343 e. The van der Waals surface area contributed by atoms with Crippen LogP contribution in [0.25, 0.3) is 0 Å². The fourth-order valence-corrected chi connectivity index (χ4v) is 19.3. The number of thiazole rings is 1. The maximum Gasteiger partial charge on any atom is 0.237 e. The van der Waals surface area contributed by atoms with Crippen LogP contribution < -0.4 is 42.5 Å². The molecule has 0 bridgehead atoms. The number of aromatic nitrogens is 2. The Hall–Kier alpha value is -10.9. The number of halogens is 7. The number of rotatable bonds is 32. The first kappa shape index (κ1) is 125. The van der Waals surface area contributed by atoms with Crippen molar-refractivity contribution < 1.29 is 88.3 Å². The van der Waals surface area contributed by atoms with Gasteiger partial charge < -0.3 is 91.5 Å². The van der Waals surface area contributed by atoms with Gasteiger partial charge in [-0.05, 0) is 141 Å². The van der Waals surface area contributed by atoms with Crippen molar-refractivity contribution >= 4 is 118 Å². The second-order valence-corrected chi connectivity index (χ2v) is 44.5. The number of hydrogen-bond acceptors (Lipinski definition) is 28. The molecule has 0 aromatic carbocycles. The Balaban J connectivity index is 0.000000269. The van der Waals surface area contributed by atoms with Gasteiger partial charge in [-0.1, -0.05) is 12.2 Å². The SMILES string of the molecule is CC(C)(CC(=O)N1CC=CCC1)NCC(=O)N1C[C@@H](F)C[C@H]1C#N.CC(C)(CC(=O)N1CCC(F)C1)NCC(=O)N1C[C@@H](F)C[C@H]1C#N.CC(C)(CC(=O)N1CCCCC1)NCC(=O)N1C[C@@H](F)C[C@H]1C#N.CC(C)(CC(=O)N1CCSC1)NCC(=O)N1C[C@@H](F)C[C@H]1C#N.Cc1ccc(NC(=O)CC(C)(C)NCC(=O)N2C[C@@H](F)C[C@H]2C#N)cn1.Cc1cnc(NC(=O)CC(C)(C)NCC(=O)N2C[C@@H](F)C[C@H]2C#N)s1.S. The van der Waals surface area contributed by atoms with Crippen molar-refractivity contribution in [1.82, 2.24) is 90.9 Å². The minimum atomic E-state index is -1.17. The summed E-state index contributed by atoms with van der Waals surface area (Å²) in [5.74, 6) is -0.590. The molecule has 2 aromatic heterocycles. The number of nitriles is 6. The molecule has 13 atom stereocenters. The highest BCUT2D eigenvalue weighted by Gasteiger charge is 2.44. The van der Waals surface area contributed by atoms with E-state index in [1.807, 2.05) is 108 Å². The van der Waals surface area contributed by atoms with Crippen LogP contribution in [0.2, 0.25) is 0 Å². The summed E-state index contributed by atoms with van der Waals surface area (Å²) in [5.41, 5.74) is -2.08. The van der Waals surface area contributed by atoms with Gasteiger partial charge in [-0.2, -0.15) is 45.1 Å². The second-order valence-electron chi connectivity index (χ2n) is 42.2. The predicted molar refractivity (Wildman–Crippen MR) is 543 cm³/mol. The molecular formula is C99H147F7N26O12S3. The average Bonchev–Trinajstić information content (AvgIpc) is 1.81. The van der Waals surface area contributed by atoms with Gasteiger partial charge in [0.25, 0.3) is 0 Å². The number of hydrogen-bond donors (Lipinski definition) is 8. The first-order chi connectivity index (χ1) is 68.6. The highest BCUT2D eigenvalue weighted by molar-refractivity contribution is 7.99. The molecule has 2 aromatic rings. The third kappa shape index (κ3) is 42.2. The Morgan fingerprint density at radius 3 is 0.959 bits per heavy atom. The molecule has 147 heavy (non-hydrogen) atoms. The lowest BCUT2D eigenvalue weighted by atomic mass is 9.98. The summed E-state index contributed by atoms with van der Waals surface area (Å²) in [7, 11) is 0. The van der Waals surface area contributed by atoms with E-state index < -0.39 is 113 Å². The fraction of sp³-hybridized carbons (Fsp3) is 0.717. The molecule has 0 spiro atoms. The molecule has 0 saturated carbocycles. The number of alkyl halides is 7. The first-order valence-corrected chi connectivity index (χ1v) is 51.5. The molecule has 8 N–H and O–H groups in total. The van der Waals surface area contributed by atoms with E-state index in [-0.39, 0.29) is 234 Å². The number of thioether (sulfide) groups is 1. The summed E-state index contributed by atoms with van der Waals surface area (Å²) in [4.78, 5) is 170. The third-order valence-corrected chi connectivity index (χ3v) is 27.8. The molecule has 48 heteroatoms. The number of nitrogens with one attached hydrogen (secondary N) is 8. The van der Waals surface area contributed by atoms with Crippen LogP contribution in [0.4, 0.5) is 41.6 Å². The number of pyridine rings is 1. The number of amides is 12. The summed E-state index contributed by atoms with van der Waals surface area (Å²) in [5, 5.41) is 78.3. The minimum Gasteiger partial charge on any atom is -0.343 e. The number of carbonyl (C=O) groups excluding carboxylic acids is 12. The molecule has 38 nitrogen and oxygen atoms in total. The number of likely N-dealkylation sites (tertiary alicyclic amines) is 8. The monoisotopic (exact) mass is 2120 g/mol. The Bertz CT molecular complexity index is 4990. The zero-order chi connectivity index (χ0) is 108. The number of nitrogens with zero attached hydrogens (tertiary/aromatic N) is 18. The normalized spacial score (nSPS) is 23.3. The van der Waals surface area contributed by atoms with E-state index >= 15 is 0 Å². The highest BCUT2D eigenvalue weighted by atomic mass is 32.2. The number of carbonyl (C=O) groups is 12. The van der Waals surface area contributed by atoms with Crippen LogP contribution in [-0.4, -0.2) is 379 Å². The Morgan fingerprint density at radius 2 is 0.680 bits per heavy atom. The maximum atomic E-state index is 13.4. The molecule has 9 fully saturated rings. The highest BCUT2D eigenvalue weighted by Crippen LogP contribution is 2.30. The van der Waals surface area contributed by atoms with Gasteiger partial charge in [0.15, 0.2) is 5.13 Å². The van der Waals surface area contributed by atoms with Crippen LogP contribution in [0, 0.1) is 81.8 Å². The molecule has 10 aliphatic rings. The second kappa shape index (κ2) is 58.3. The van der Waals surface area contributed by atoms with Crippen molar-refractivity contribution in [3.63, 3.8) is 0 Å². The Kier molecular flexibility index (Phi) is 49.5. The molecule has 12 rings (SSSR count). The number of piperidine rings is 1. The van der Waals surface area contributed by atoms with Crippen LogP contribution in [0.3, 0.4) is 0 Å². The van der Waals surface area contributed by atoms with Crippen LogP contribution >= 0.6 is 36.6 Å². The maximum absolute atomic E-state index is 13.4. The van der Waals surface area contributed by atoms with Gasteiger partial charge >= 0.3 is 0 Å². The van der Waals surface area contributed by atoms with Gasteiger partial charge in [-0.15, -0.1) is 23.1 Å². The number of aryl methyl sites for hydroxylation is 2. The van der Waals surface area contributed by atoms with E-state index in [0.29, 0.717) is 43.2 Å². The zero-order valence-electron chi connectivity index (χ0n) is 86.8. The smallest absolute Gasteiger partial charge is 0.237 e. The molecule has 12 amide bonds. The van der Waals surface area contributed by atoms with Gasteiger partial charge in [-0.25, -0.2) is 35.7 Å². The summed E-state index contributed by atoms with van der Waals surface area (Å²) < 4.78 is 93.6. The molecule has 9 saturated heterocycles. The molecule has 812 valence electrons. The van der Waals surface area contributed by atoms with Crippen molar-refractivity contribution in [3.8, 4) is 36.4 Å². The minimum absolute atomic E-state index is 0. The van der Waals surface area contributed by atoms with Gasteiger partial charge in [0.05, 0.1) is 139 Å². The van der Waals surface area contributed by atoms with Crippen molar-refractivity contribution in [2.45, 2.75) is 319 Å². The Labute approximate surface area is 873 Å². The Morgan fingerprint density at radius 1 is 0.361 bits per heavy atom. The average molecular weight is 2120 g/mol. The van der Waals surface area contributed by atoms with Crippen LogP contribution in [0.5, 0.6) is 0 Å². The molecular weight excluding hydrogens is 1970 g/mol. The zero-order valence-corrected chi connectivity index (χ0v) is 89.4. The first-order valence-electron chi connectivity index (χ1n) is 49.5. The van der Waals surface area contributed by atoms with Gasteiger partial charge in [0.1, 0.15) is 79.5 Å². The summed E-state index contributed by atoms with van der Waals surface area (Å²) >= 11 is 3.12. The van der Waals surface area contributed by atoms with Gasteiger partial charge in [-0.3, -0.25) is 62.5 Å². The van der Waals surface area contributed by atoms with E-state index in [1.165, 1.54) is 52.1 Å². The lowest BCUT2D eigenvalue weighted by Crippen LogP contribution is -2.50. The molecule has 1 unspecified atom stereocenters. The van der Waals surface area contributed by atoms with Crippen LogP contribution in [0.15, 0.2) is 36.7 Å². The molecule has 10 aliphatic heterocycles. The van der Waals surface area contributed by atoms with E-state index in [4.69, 9.17) is 31.6 Å². The van der Waals surface area contributed by atoms with E-state index in [9.17, 15) is 88.3 Å². The lowest BCUT2D eigenvalue weighted by Gasteiger charge is -2.32. The van der Waals surface area contributed by atoms with E-state index in [2.05, 4.69) is 58.6 Å². The van der Waals surface area contributed by atoms with Crippen molar-refractivity contribution in [2.75, 3.05) is 147 Å². The third-order valence-electron chi connectivity index (χ3n) is 26.0. The fourth-order valence-electron chi connectivity index (χ4n) is 17.6. The number of anilines is 2. The summed E-state index contributed by atoms with van der Waals surface area (Å²) in [6.07, 6.45) is 5.67. The van der Waals surface area contributed by atoms with E-state index in [1.54, 1.807) is 82.7 Å². The molecule has 0 radical (unpaired) electrons.